The Morgan fingerprint density at radius 3 is 2.46 bits per heavy atom. The molecule has 198 valence electrons. The number of anilines is 1. The first-order valence-electron chi connectivity index (χ1n) is 13.1. The zero-order chi connectivity index (χ0) is 27.0. The fourth-order valence-electron chi connectivity index (χ4n) is 6.01. The highest BCUT2D eigenvalue weighted by Gasteiger charge is 2.49. The predicted molar refractivity (Wildman–Crippen MR) is 147 cm³/mol. The van der Waals surface area contributed by atoms with Gasteiger partial charge >= 0.3 is 0 Å². The summed E-state index contributed by atoms with van der Waals surface area (Å²) in [5, 5.41) is 3.82. The van der Waals surface area contributed by atoms with Crippen LogP contribution >= 0.6 is 0 Å². The molecule has 3 heterocycles. The van der Waals surface area contributed by atoms with Crippen LogP contribution in [0.4, 0.5) is 14.5 Å². The number of hydrogen-bond acceptors (Lipinski definition) is 5. The summed E-state index contributed by atoms with van der Waals surface area (Å²) in [4.78, 5) is 20.6. The lowest BCUT2D eigenvalue weighted by molar-refractivity contribution is 0.0842. The number of ether oxygens (including phenoxy) is 1. The van der Waals surface area contributed by atoms with E-state index < -0.39 is 17.2 Å². The first-order valence-corrected chi connectivity index (χ1v) is 13.1. The summed E-state index contributed by atoms with van der Waals surface area (Å²) in [5.74, 6) is -1.20. The summed E-state index contributed by atoms with van der Waals surface area (Å²) < 4.78 is 32.6. The van der Waals surface area contributed by atoms with Crippen molar-refractivity contribution >= 4 is 11.5 Å². The highest BCUT2D eigenvalue weighted by Crippen LogP contribution is 2.47. The molecule has 3 aromatic carbocycles. The molecule has 0 bridgehead atoms. The molecule has 1 unspecified atom stereocenters. The summed E-state index contributed by atoms with van der Waals surface area (Å²) in [6, 6.07) is 21.7. The van der Waals surface area contributed by atoms with E-state index in [0.717, 1.165) is 46.5 Å². The van der Waals surface area contributed by atoms with Crippen LogP contribution in [-0.2, 0) is 6.54 Å². The molecule has 1 saturated heterocycles. The summed E-state index contributed by atoms with van der Waals surface area (Å²) in [6.45, 7) is 1.95. The standard InChI is InChI=1S/C32H29F2N3O2/c1-39-25-8-5-22(6-9-25)30-31(38)26-10-7-23(24-3-2-14-35-19-24)18-29(26)36-32(30)12-15-37(16-13-32)20-21-4-11-27(33)28(34)17-21/h2-11,14,17-19,30,36H,12-13,15-16,20H2,1H3. The van der Waals surface area contributed by atoms with Gasteiger partial charge in [0.25, 0.3) is 0 Å². The average Bonchev–Trinajstić information content (AvgIpc) is 2.97. The smallest absolute Gasteiger partial charge is 0.174 e. The quantitative estimate of drug-likeness (QED) is 0.324. The van der Waals surface area contributed by atoms with Crippen molar-refractivity contribution in [2.45, 2.75) is 30.8 Å². The summed E-state index contributed by atoms with van der Waals surface area (Å²) in [7, 11) is 1.63. The van der Waals surface area contributed by atoms with Crippen LogP contribution in [0, 0.1) is 11.6 Å². The third-order valence-corrected chi connectivity index (χ3v) is 8.07. The predicted octanol–water partition coefficient (Wildman–Crippen LogP) is 6.46. The minimum absolute atomic E-state index is 0.0979. The first kappa shape index (κ1) is 25.2. The molecule has 39 heavy (non-hydrogen) atoms. The van der Waals surface area contributed by atoms with Crippen molar-refractivity contribution in [3.63, 3.8) is 0 Å². The van der Waals surface area contributed by atoms with Crippen molar-refractivity contribution in [1.82, 2.24) is 9.88 Å². The molecular weight excluding hydrogens is 496 g/mol. The molecule has 1 spiro atoms. The average molecular weight is 526 g/mol. The molecule has 5 nitrogen and oxygen atoms in total. The van der Waals surface area contributed by atoms with Gasteiger partial charge in [-0.2, -0.15) is 0 Å². The van der Waals surface area contributed by atoms with E-state index in [0.29, 0.717) is 25.2 Å². The number of nitrogens with one attached hydrogen (secondary N) is 1. The number of Topliss-reactive ketones (excluding diaryl/α,β-unsaturated/α-hetero) is 1. The fourth-order valence-corrected chi connectivity index (χ4v) is 6.01. The maximum atomic E-state index is 14.2. The molecule has 0 radical (unpaired) electrons. The maximum Gasteiger partial charge on any atom is 0.174 e. The van der Waals surface area contributed by atoms with Crippen molar-refractivity contribution < 1.29 is 18.3 Å². The Morgan fingerprint density at radius 2 is 1.77 bits per heavy atom. The van der Waals surface area contributed by atoms with E-state index in [1.54, 1.807) is 19.4 Å². The second-order valence-electron chi connectivity index (χ2n) is 10.4. The van der Waals surface area contributed by atoms with Gasteiger partial charge in [-0.15, -0.1) is 0 Å². The maximum absolute atomic E-state index is 14.2. The summed E-state index contributed by atoms with van der Waals surface area (Å²) in [5.41, 5.74) is 4.69. The molecule has 1 fully saturated rings. The number of nitrogens with zero attached hydrogens (tertiary/aromatic N) is 2. The highest BCUT2D eigenvalue weighted by molar-refractivity contribution is 6.09. The zero-order valence-electron chi connectivity index (χ0n) is 21.7. The summed E-state index contributed by atoms with van der Waals surface area (Å²) in [6.07, 6.45) is 5.00. The number of carbonyl (C=O) groups excluding carboxylic acids is 1. The van der Waals surface area contributed by atoms with Crippen molar-refractivity contribution in [3.8, 4) is 16.9 Å². The van der Waals surface area contributed by atoms with Crippen molar-refractivity contribution in [2.75, 3.05) is 25.5 Å². The number of fused-ring (bicyclic) bond motifs is 1. The molecule has 1 aromatic heterocycles. The highest BCUT2D eigenvalue weighted by atomic mass is 19.2. The molecule has 6 rings (SSSR count). The number of piperidine rings is 1. The lowest BCUT2D eigenvalue weighted by Crippen LogP contribution is -2.56. The van der Waals surface area contributed by atoms with E-state index in [4.69, 9.17) is 4.74 Å². The molecule has 4 aromatic rings. The molecule has 0 amide bonds. The van der Waals surface area contributed by atoms with Crippen LogP contribution in [0.2, 0.25) is 0 Å². The molecule has 0 saturated carbocycles. The SMILES string of the molecule is COc1ccc(C2C(=O)c3ccc(-c4cccnc4)cc3NC23CCN(Cc2ccc(F)c(F)c2)CC3)cc1. The number of ketones is 1. The minimum atomic E-state index is -0.840. The lowest BCUT2D eigenvalue weighted by atomic mass is 9.67. The molecule has 1 N–H and O–H groups in total. The Balaban J connectivity index is 1.33. The Labute approximate surface area is 226 Å². The monoisotopic (exact) mass is 525 g/mol. The van der Waals surface area contributed by atoms with Gasteiger partial charge in [-0.3, -0.25) is 14.7 Å². The number of methoxy groups -OCH3 is 1. The number of benzene rings is 3. The Hall–Kier alpha value is -4.10. The van der Waals surface area contributed by atoms with Gasteiger partial charge in [0, 0.05) is 48.8 Å². The number of pyridine rings is 1. The largest absolute Gasteiger partial charge is 0.497 e. The van der Waals surface area contributed by atoms with Gasteiger partial charge in [-0.1, -0.05) is 30.3 Å². The van der Waals surface area contributed by atoms with Gasteiger partial charge < -0.3 is 10.1 Å². The second kappa shape index (κ2) is 10.2. The number of hydrogen-bond donors (Lipinski definition) is 1. The molecule has 0 aliphatic carbocycles. The van der Waals surface area contributed by atoms with Crippen LogP contribution in [0.25, 0.3) is 11.1 Å². The van der Waals surface area contributed by atoms with Gasteiger partial charge in [0.05, 0.1) is 18.6 Å². The number of aromatic nitrogens is 1. The molecule has 2 aliphatic heterocycles. The van der Waals surface area contributed by atoms with Crippen LogP contribution < -0.4 is 10.1 Å². The minimum Gasteiger partial charge on any atom is -0.497 e. The first-order chi connectivity index (χ1) is 19.0. The van der Waals surface area contributed by atoms with Gasteiger partial charge in [0.1, 0.15) is 5.75 Å². The van der Waals surface area contributed by atoms with Crippen molar-refractivity contribution in [3.05, 3.63) is 114 Å². The van der Waals surface area contributed by atoms with Crippen molar-refractivity contribution in [2.24, 2.45) is 0 Å². The van der Waals surface area contributed by atoms with E-state index in [9.17, 15) is 13.6 Å². The van der Waals surface area contributed by atoms with E-state index in [-0.39, 0.29) is 11.7 Å². The van der Waals surface area contributed by atoms with Crippen LogP contribution in [-0.4, -0.2) is 41.4 Å². The molecule has 7 heteroatoms. The lowest BCUT2D eigenvalue weighted by Gasteiger charge is -2.50. The van der Waals surface area contributed by atoms with Crippen LogP contribution in [0.1, 0.15) is 40.2 Å². The van der Waals surface area contributed by atoms with Crippen molar-refractivity contribution in [1.29, 1.82) is 0 Å². The Bertz CT molecular complexity index is 1500. The number of carbonyl (C=O) groups is 1. The van der Waals surface area contributed by atoms with E-state index in [2.05, 4.69) is 15.2 Å². The number of likely N-dealkylation sites (tertiary alicyclic amines) is 1. The fraction of sp³-hybridized carbons (Fsp3) is 0.250. The van der Waals surface area contributed by atoms with E-state index >= 15 is 0 Å². The van der Waals surface area contributed by atoms with Gasteiger partial charge in [0.2, 0.25) is 0 Å². The third kappa shape index (κ3) is 4.79. The van der Waals surface area contributed by atoms with Crippen LogP contribution in [0.5, 0.6) is 5.75 Å². The second-order valence-corrected chi connectivity index (χ2v) is 10.4. The summed E-state index contributed by atoms with van der Waals surface area (Å²) >= 11 is 0. The molecule has 1 atom stereocenters. The third-order valence-electron chi connectivity index (χ3n) is 8.07. The van der Waals surface area contributed by atoms with Gasteiger partial charge in [0.15, 0.2) is 17.4 Å². The Kier molecular flexibility index (Phi) is 6.61. The Morgan fingerprint density at radius 1 is 0.974 bits per heavy atom. The van der Waals surface area contributed by atoms with Gasteiger partial charge in [-0.25, -0.2) is 8.78 Å². The number of halogens is 2. The van der Waals surface area contributed by atoms with Crippen LogP contribution in [0.3, 0.4) is 0 Å². The van der Waals surface area contributed by atoms with Crippen LogP contribution in [0.15, 0.2) is 85.2 Å². The topological polar surface area (TPSA) is 54.5 Å². The number of rotatable bonds is 5. The van der Waals surface area contributed by atoms with E-state index in [1.165, 1.54) is 12.1 Å². The van der Waals surface area contributed by atoms with Gasteiger partial charge in [-0.05, 0) is 72.0 Å². The van der Waals surface area contributed by atoms with E-state index in [1.807, 2.05) is 60.8 Å². The zero-order valence-corrected chi connectivity index (χ0v) is 21.7. The molecular formula is C32H29F2N3O2. The molecule has 2 aliphatic rings. The normalized spacial score (nSPS) is 18.4.